The largest absolute Gasteiger partial charge is 0.372 e. The number of hydrogen-bond donors (Lipinski definition) is 2. The molecule has 7 nitrogen and oxygen atoms in total. The molecule has 1 unspecified atom stereocenters. The van der Waals surface area contributed by atoms with Gasteiger partial charge in [-0.2, -0.15) is 0 Å². The van der Waals surface area contributed by atoms with Crippen molar-refractivity contribution in [2.24, 2.45) is 0 Å². The van der Waals surface area contributed by atoms with Gasteiger partial charge in [0.1, 0.15) is 10.7 Å². The van der Waals surface area contributed by atoms with Crippen molar-refractivity contribution in [3.05, 3.63) is 17.3 Å². The van der Waals surface area contributed by atoms with Crippen LogP contribution in [0.5, 0.6) is 0 Å². The Kier molecular flexibility index (Phi) is 4.22. The predicted octanol–water partition coefficient (Wildman–Crippen LogP) is 0.632. The van der Waals surface area contributed by atoms with Crippen molar-refractivity contribution < 1.29 is 16.8 Å². The van der Waals surface area contributed by atoms with Crippen LogP contribution in [-0.2, 0) is 19.9 Å². The zero-order valence-electron chi connectivity index (χ0n) is 11.6. The van der Waals surface area contributed by atoms with Crippen LogP contribution < -0.4 is 10.0 Å². The van der Waals surface area contributed by atoms with Crippen LogP contribution in [0.15, 0.2) is 17.2 Å². The summed E-state index contributed by atoms with van der Waals surface area (Å²) in [6.45, 7) is 1.58. The maximum absolute atomic E-state index is 12.3. The van der Waals surface area contributed by atoms with Crippen molar-refractivity contribution in [2.45, 2.75) is 23.8 Å². The van der Waals surface area contributed by atoms with Crippen LogP contribution in [0.4, 0.5) is 5.82 Å². The Morgan fingerprint density at radius 1 is 1.43 bits per heavy atom. The number of aromatic nitrogens is 1. The fraction of sp³-hybridized carbons (Fsp3) is 0.545. The van der Waals surface area contributed by atoms with E-state index < -0.39 is 25.4 Å². The number of sulfone groups is 1. The molecule has 0 spiro atoms. The Hall–Kier alpha value is -0.900. The molecule has 0 aliphatic carbocycles. The third kappa shape index (κ3) is 3.65. The molecule has 1 atom stereocenters. The molecule has 1 aromatic heterocycles. The zero-order valence-corrected chi connectivity index (χ0v) is 13.9. The van der Waals surface area contributed by atoms with E-state index in [2.05, 4.69) is 15.0 Å². The van der Waals surface area contributed by atoms with E-state index >= 15 is 0 Å². The number of pyridine rings is 1. The standard InChI is InChI=1S/C11H16ClN3O4S2/c1-11(3-4-20(16,17)7-11)15-21(18,19)8-5-9(12)10(13-2)14-6-8/h5-6,15H,3-4,7H2,1-2H3,(H,13,14). The van der Waals surface area contributed by atoms with Gasteiger partial charge in [-0.3, -0.25) is 0 Å². The van der Waals surface area contributed by atoms with E-state index in [0.717, 1.165) is 0 Å². The molecule has 0 aromatic carbocycles. The number of halogens is 1. The lowest BCUT2D eigenvalue weighted by molar-refractivity contribution is 0.461. The molecule has 0 amide bonds. The highest BCUT2D eigenvalue weighted by Gasteiger charge is 2.41. The SMILES string of the molecule is CNc1ncc(S(=O)(=O)NC2(C)CCS(=O)(=O)C2)cc1Cl. The molecule has 1 fully saturated rings. The Balaban J connectivity index is 2.29. The maximum Gasteiger partial charge on any atom is 0.242 e. The lowest BCUT2D eigenvalue weighted by Crippen LogP contribution is -2.46. The van der Waals surface area contributed by atoms with Gasteiger partial charge in [-0.25, -0.2) is 26.5 Å². The highest BCUT2D eigenvalue weighted by atomic mass is 35.5. The van der Waals surface area contributed by atoms with Crippen LogP contribution >= 0.6 is 11.6 Å². The normalized spacial score (nSPS) is 24.9. The molecule has 0 saturated carbocycles. The lowest BCUT2D eigenvalue weighted by atomic mass is 10.0. The van der Waals surface area contributed by atoms with Crippen molar-refractivity contribution >= 4 is 37.3 Å². The minimum absolute atomic E-state index is 0.0241. The molecule has 10 heteroatoms. The number of hydrogen-bond acceptors (Lipinski definition) is 6. The van der Waals surface area contributed by atoms with Crippen molar-refractivity contribution in [2.75, 3.05) is 23.9 Å². The predicted molar refractivity (Wildman–Crippen MR) is 80.8 cm³/mol. The third-order valence-electron chi connectivity index (χ3n) is 3.25. The molecular formula is C11H16ClN3O4S2. The number of nitrogens with zero attached hydrogens (tertiary/aromatic N) is 1. The van der Waals surface area contributed by atoms with Gasteiger partial charge in [0.05, 0.1) is 16.5 Å². The van der Waals surface area contributed by atoms with Gasteiger partial charge in [0.25, 0.3) is 0 Å². The Morgan fingerprint density at radius 3 is 2.57 bits per heavy atom. The van der Waals surface area contributed by atoms with Crippen LogP contribution in [0, 0.1) is 0 Å². The quantitative estimate of drug-likeness (QED) is 0.822. The molecule has 21 heavy (non-hydrogen) atoms. The van der Waals surface area contributed by atoms with Crippen LogP contribution in [0.1, 0.15) is 13.3 Å². The van der Waals surface area contributed by atoms with Gasteiger partial charge in [-0.1, -0.05) is 11.6 Å². The molecule has 118 valence electrons. The number of nitrogens with one attached hydrogen (secondary N) is 2. The summed E-state index contributed by atoms with van der Waals surface area (Å²) in [6, 6.07) is 1.27. The Morgan fingerprint density at radius 2 is 2.10 bits per heavy atom. The second-order valence-corrected chi connectivity index (χ2v) is 9.53. The Labute approximate surface area is 129 Å². The van der Waals surface area contributed by atoms with E-state index in [-0.39, 0.29) is 27.8 Å². The minimum atomic E-state index is -3.89. The monoisotopic (exact) mass is 353 g/mol. The van der Waals surface area contributed by atoms with E-state index in [1.54, 1.807) is 14.0 Å². The van der Waals surface area contributed by atoms with E-state index in [9.17, 15) is 16.8 Å². The van der Waals surface area contributed by atoms with Gasteiger partial charge in [-0.05, 0) is 19.4 Å². The smallest absolute Gasteiger partial charge is 0.242 e. The number of rotatable bonds is 4. The second kappa shape index (κ2) is 5.38. The molecule has 2 heterocycles. The van der Waals surface area contributed by atoms with E-state index in [1.165, 1.54) is 12.3 Å². The molecule has 2 N–H and O–H groups in total. The van der Waals surface area contributed by atoms with Crippen molar-refractivity contribution in [3.8, 4) is 0 Å². The van der Waals surface area contributed by atoms with Crippen LogP contribution in [-0.4, -0.2) is 45.9 Å². The first-order valence-electron chi connectivity index (χ1n) is 6.15. The summed E-state index contributed by atoms with van der Waals surface area (Å²) in [5.41, 5.74) is -1.01. The van der Waals surface area contributed by atoms with Gasteiger partial charge in [0, 0.05) is 18.8 Å². The zero-order chi connectivity index (χ0) is 15.9. The molecular weight excluding hydrogens is 338 g/mol. The van der Waals surface area contributed by atoms with Crippen LogP contribution in [0.3, 0.4) is 0 Å². The van der Waals surface area contributed by atoms with Crippen LogP contribution in [0.25, 0.3) is 0 Å². The summed E-state index contributed by atoms with van der Waals surface area (Å²) in [7, 11) is -5.48. The highest BCUT2D eigenvalue weighted by molar-refractivity contribution is 7.92. The summed E-state index contributed by atoms with van der Waals surface area (Å²) in [5.74, 6) is 0.129. The van der Waals surface area contributed by atoms with Gasteiger partial charge in [-0.15, -0.1) is 0 Å². The van der Waals surface area contributed by atoms with Crippen molar-refractivity contribution in [3.63, 3.8) is 0 Å². The summed E-state index contributed by atoms with van der Waals surface area (Å²) in [6.07, 6.45) is 1.41. The van der Waals surface area contributed by atoms with Crippen molar-refractivity contribution in [1.82, 2.24) is 9.71 Å². The number of anilines is 1. The number of sulfonamides is 1. The van der Waals surface area contributed by atoms with Gasteiger partial charge < -0.3 is 5.32 Å². The van der Waals surface area contributed by atoms with E-state index in [0.29, 0.717) is 5.82 Å². The molecule has 2 rings (SSSR count). The molecule has 1 aliphatic rings. The minimum Gasteiger partial charge on any atom is -0.372 e. The molecule has 1 aromatic rings. The fourth-order valence-corrected chi connectivity index (χ4v) is 6.14. The van der Waals surface area contributed by atoms with E-state index in [4.69, 9.17) is 11.6 Å². The van der Waals surface area contributed by atoms with Gasteiger partial charge >= 0.3 is 0 Å². The van der Waals surface area contributed by atoms with Gasteiger partial charge in [0.2, 0.25) is 10.0 Å². The fourth-order valence-electron chi connectivity index (χ4n) is 2.23. The maximum atomic E-state index is 12.3. The first-order chi connectivity index (χ1) is 9.57. The summed E-state index contributed by atoms with van der Waals surface area (Å²) >= 11 is 5.92. The Bertz CT molecular complexity index is 764. The molecule has 0 radical (unpaired) electrons. The highest BCUT2D eigenvalue weighted by Crippen LogP contribution is 2.27. The van der Waals surface area contributed by atoms with Crippen molar-refractivity contribution in [1.29, 1.82) is 0 Å². The van der Waals surface area contributed by atoms with Crippen LogP contribution in [0.2, 0.25) is 5.02 Å². The van der Waals surface area contributed by atoms with Gasteiger partial charge in [0.15, 0.2) is 9.84 Å². The third-order valence-corrected chi connectivity index (χ3v) is 7.04. The summed E-state index contributed by atoms with van der Waals surface area (Å²) in [5, 5.41) is 2.90. The molecule has 0 bridgehead atoms. The first-order valence-corrected chi connectivity index (χ1v) is 9.83. The first kappa shape index (κ1) is 16.5. The molecule has 1 aliphatic heterocycles. The van der Waals surface area contributed by atoms with E-state index in [1.807, 2.05) is 0 Å². The average molecular weight is 354 g/mol. The lowest BCUT2D eigenvalue weighted by Gasteiger charge is -2.23. The topological polar surface area (TPSA) is 105 Å². The molecule has 1 saturated heterocycles. The second-order valence-electron chi connectivity index (χ2n) is 5.26. The summed E-state index contributed by atoms with van der Waals surface area (Å²) < 4.78 is 50.2. The summed E-state index contributed by atoms with van der Waals surface area (Å²) in [4.78, 5) is 3.81. The average Bonchev–Trinajstić information content (AvgIpc) is 2.62.